The van der Waals surface area contributed by atoms with Crippen LogP contribution in [0.25, 0.3) is 0 Å². The number of nitrogens with zero attached hydrogens (tertiary/aromatic N) is 3. The van der Waals surface area contributed by atoms with Crippen LogP contribution in [0.3, 0.4) is 0 Å². The van der Waals surface area contributed by atoms with Crippen LogP contribution in [0.15, 0.2) is 44.2 Å². The standard InChI is InChI=1S/C17H26N4O2S3/c1-4-18-17(20(2)11-9-15-7-5-13-24-15)19-10-12-21(3)26(22,23)16-8-6-14-25-16/h5-8,13-14H,4,9-12H2,1-3H3,(H,18,19). The lowest BCUT2D eigenvalue weighted by Crippen LogP contribution is -2.40. The van der Waals surface area contributed by atoms with Gasteiger partial charge in [0.1, 0.15) is 4.21 Å². The molecule has 2 aromatic rings. The van der Waals surface area contributed by atoms with Crippen molar-refractivity contribution in [3.05, 3.63) is 39.9 Å². The van der Waals surface area contributed by atoms with Gasteiger partial charge in [0.05, 0.1) is 6.54 Å². The summed E-state index contributed by atoms with van der Waals surface area (Å²) in [5, 5.41) is 7.12. The van der Waals surface area contributed by atoms with E-state index >= 15 is 0 Å². The number of hydrogen-bond acceptors (Lipinski definition) is 5. The van der Waals surface area contributed by atoms with E-state index in [9.17, 15) is 8.42 Å². The summed E-state index contributed by atoms with van der Waals surface area (Å²) >= 11 is 2.98. The zero-order valence-electron chi connectivity index (χ0n) is 15.4. The van der Waals surface area contributed by atoms with Gasteiger partial charge in [-0.3, -0.25) is 4.99 Å². The Bertz CT molecular complexity index is 771. The molecule has 0 unspecified atom stereocenters. The third-order valence-electron chi connectivity index (χ3n) is 3.81. The maximum atomic E-state index is 12.4. The quantitative estimate of drug-likeness (QED) is 0.506. The Kier molecular flexibility index (Phi) is 8.08. The lowest BCUT2D eigenvalue weighted by Gasteiger charge is -2.22. The first-order chi connectivity index (χ1) is 12.4. The summed E-state index contributed by atoms with van der Waals surface area (Å²) in [5.74, 6) is 0.797. The van der Waals surface area contributed by atoms with Crippen molar-refractivity contribution in [2.75, 3.05) is 40.3 Å². The molecule has 0 aliphatic carbocycles. The first kappa shape index (κ1) is 20.9. The number of rotatable bonds is 9. The van der Waals surface area contributed by atoms with E-state index in [1.54, 1.807) is 35.9 Å². The predicted octanol–water partition coefficient (Wildman–Crippen LogP) is 2.57. The van der Waals surface area contributed by atoms with Crippen molar-refractivity contribution in [2.24, 2.45) is 4.99 Å². The largest absolute Gasteiger partial charge is 0.357 e. The highest BCUT2D eigenvalue weighted by molar-refractivity contribution is 7.91. The van der Waals surface area contributed by atoms with Crippen LogP contribution in [0.2, 0.25) is 0 Å². The number of likely N-dealkylation sites (N-methyl/N-ethyl adjacent to an activating group) is 2. The molecule has 0 bridgehead atoms. The van der Waals surface area contributed by atoms with Crippen molar-refractivity contribution in [1.82, 2.24) is 14.5 Å². The van der Waals surface area contributed by atoms with Crippen LogP contribution >= 0.6 is 22.7 Å². The highest BCUT2D eigenvalue weighted by atomic mass is 32.2. The molecule has 0 aliphatic heterocycles. The molecule has 9 heteroatoms. The maximum Gasteiger partial charge on any atom is 0.252 e. The predicted molar refractivity (Wildman–Crippen MR) is 111 cm³/mol. The van der Waals surface area contributed by atoms with Gasteiger partial charge in [-0.2, -0.15) is 4.31 Å². The maximum absolute atomic E-state index is 12.4. The number of sulfonamides is 1. The molecule has 0 saturated heterocycles. The highest BCUT2D eigenvalue weighted by Crippen LogP contribution is 2.19. The molecule has 0 atom stereocenters. The average molecular weight is 415 g/mol. The first-order valence-electron chi connectivity index (χ1n) is 8.46. The van der Waals surface area contributed by atoms with Crippen molar-refractivity contribution < 1.29 is 8.42 Å². The van der Waals surface area contributed by atoms with Gasteiger partial charge >= 0.3 is 0 Å². The zero-order chi connectivity index (χ0) is 19.0. The SMILES string of the molecule is CCNC(=NCCN(C)S(=O)(=O)c1cccs1)N(C)CCc1cccs1. The molecular weight excluding hydrogens is 388 g/mol. The molecule has 0 spiro atoms. The molecule has 0 aliphatic rings. The molecule has 0 amide bonds. The fourth-order valence-corrected chi connectivity index (χ4v) is 5.35. The van der Waals surface area contributed by atoms with Crippen molar-refractivity contribution in [1.29, 1.82) is 0 Å². The topological polar surface area (TPSA) is 65.0 Å². The second-order valence-electron chi connectivity index (χ2n) is 5.75. The monoisotopic (exact) mass is 414 g/mol. The second kappa shape index (κ2) is 10.1. The Labute approximate surface area is 164 Å². The third-order valence-corrected chi connectivity index (χ3v) is 7.97. The molecule has 26 heavy (non-hydrogen) atoms. The van der Waals surface area contributed by atoms with Gasteiger partial charge in [-0.1, -0.05) is 12.1 Å². The molecule has 1 N–H and O–H groups in total. The smallest absolute Gasteiger partial charge is 0.252 e. The van der Waals surface area contributed by atoms with Crippen molar-refractivity contribution >= 4 is 38.7 Å². The van der Waals surface area contributed by atoms with Gasteiger partial charge in [0.15, 0.2) is 5.96 Å². The van der Waals surface area contributed by atoms with E-state index in [0.717, 1.165) is 25.5 Å². The number of guanidine groups is 1. The molecule has 2 heterocycles. The van der Waals surface area contributed by atoms with E-state index in [-0.39, 0.29) is 0 Å². The number of aliphatic imine (C=N–C) groups is 1. The van der Waals surface area contributed by atoms with Gasteiger partial charge in [0.25, 0.3) is 10.0 Å². The molecule has 144 valence electrons. The summed E-state index contributed by atoms with van der Waals surface area (Å²) in [7, 11) is 0.180. The average Bonchev–Trinajstić information content (AvgIpc) is 3.32. The fraction of sp³-hybridized carbons (Fsp3) is 0.471. The van der Waals surface area contributed by atoms with Crippen LogP contribution in [-0.4, -0.2) is 63.9 Å². The van der Waals surface area contributed by atoms with E-state index in [0.29, 0.717) is 17.3 Å². The number of nitrogens with one attached hydrogen (secondary N) is 1. The van der Waals surface area contributed by atoms with E-state index in [4.69, 9.17) is 0 Å². The second-order valence-corrected chi connectivity index (χ2v) is 10.00. The zero-order valence-corrected chi connectivity index (χ0v) is 17.8. The summed E-state index contributed by atoms with van der Waals surface area (Å²) in [6.07, 6.45) is 0.964. The number of thiophene rings is 2. The van der Waals surface area contributed by atoms with Crippen LogP contribution in [0, 0.1) is 0 Å². The van der Waals surface area contributed by atoms with Gasteiger partial charge in [-0.15, -0.1) is 22.7 Å². The highest BCUT2D eigenvalue weighted by Gasteiger charge is 2.21. The molecule has 0 aromatic carbocycles. The molecular formula is C17H26N4O2S3. The first-order valence-corrected chi connectivity index (χ1v) is 11.7. The summed E-state index contributed by atoms with van der Waals surface area (Å²) in [4.78, 5) is 8.00. The molecule has 0 saturated carbocycles. The minimum absolute atomic E-state index is 0.341. The lowest BCUT2D eigenvalue weighted by atomic mass is 10.3. The van der Waals surface area contributed by atoms with E-state index in [1.807, 2.05) is 14.0 Å². The number of hydrogen-bond donors (Lipinski definition) is 1. The molecule has 2 aromatic heterocycles. The summed E-state index contributed by atoms with van der Waals surface area (Å²) < 4.78 is 26.6. The summed E-state index contributed by atoms with van der Waals surface area (Å²) in [6, 6.07) is 7.56. The minimum atomic E-state index is -3.42. The van der Waals surface area contributed by atoms with Gasteiger partial charge in [-0.25, -0.2) is 8.42 Å². The fourth-order valence-electron chi connectivity index (χ4n) is 2.29. The molecule has 0 radical (unpaired) electrons. The Morgan fingerprint density at radius 1 is 1.15 bits per heavy atom. The van der Waals surface area contributed by atoms with Crippen LogP contribution in [0.1, 0.15) is 11.8 Å². The minimum Gasteiger partial charge on any atom is -0.357 e. The van der Waals surface area contributed by atoms with Gasteiger partial charge in [0, 0.05) is 38.6 Å². The molecule has 0 fully saturated rings. The van der Waals surface area contributed by atoms with Crippen LogP contribution in [0.4, 0.5) is 0 Å². The van der Waals surface area contributed by atoms with Crippen molar-refractivity contribution in [3.8, 4) is 0 Å². The third kappa shape index (κ3) is 5.80. The molecule has 6 nitrogen and oxygen atoms in total. The van der Waals surface area contributed by atoms with Crippen LogP contribution in [0.5, 0.6) is 0 Å². The normalized spacial score (nSPS) is 12.5. The van der Waals surface area contributed by atoms with E-state index in [1.165, 1.54) is 20.5 Å². The van der Waals surface area contributed by atoms with Crippen molar-refractivity contribution in [2.45, 2.75) is 17.6 Å². The Hall–Kier alpha value is -1.42. The summed E-state index contributed by atoms with van der Waals surface area (Å²) in [5.41, 5.74) is 0. The van der Waals surface area contributed by atoms with E-state index < -0.39 is 10.0 Å². The summed E-state index contributed by atoms with van der Waals surface area (Å²) in [6.45, 7) is 4.40. The lowest BCUT2D eigenvalue weighted by molar-refractivity contribution is 0.467. The van der Waals surface area contributed by atoms with Gasteiger partial charge < -0.3 is 10.2 Å². The Morgan fingerprint density at radius 3 is 2.50 bits per heavy atom. The van der Waals surface area contributed by atoms with Crippen molar-refractivity contribution in [3.63, 3.8) is 0 Å². The molecule has 2 rings (SSSR count). The van der Waals surface area contributed by atoms with Gasteiger partial charge in [0.2, 0.25) is 0 Å². The Morgan fingerprint density at radius 2 is 1.88 bits per heavy atom. The van der Waals surface area contributed by atoms with E-state index in [2.05, 4.69) is 32.7 Å². The Balaban J connectivity index is 1.91. The van der Waals surface area contributed by atoms with Gasteiger partial charge in [-0.05, 0) is 36.2 Å². The van der Waals surface area contributed by atoms with Crippen LogP contribution < -0.4 is 5.32 Å². The van der Waals surface area contributed by atoms with Crippen LogP contribution in [-0.2, 0) is 16.4 Å².